The molecule has 0 spiro atoms. The summed E-state index contributed by atoms with van der Waals surface area (Å²) in [7, 11) is 2.15. The normalized spacial score (nSPS) is 44.6. The van der Waals surface area contributed by atoms with E-state index in [-0.39, 0.29) is 5.60 Å². The molecule has 0 N–H and O–H groups in total. The first kappa shape index (κ1) is 9.46. The van der Waals surface area contributed by atoms with Crippen LogP contribution in [0.15, 0.2) is 0 Å². The van der Waals surface area contributed by atoms with Gasteiger partial charge in [0, 0.05) is 11.8 Å². The highest BCUT2D eigenvalue weighted by molar-refractivity contribution is 7.80. The summed E-state index contributed by atoms with van der Waals surface area (Å²) in [6, 6.07) is 0.428. The SMILES string of the molecule is B[C@H]1CC(C)[C@](CC)(CS)O1. The topological polar surface area (TPSA) is 9.23 Å². The van der Waals surface area contributed by atoms with Crippen LogP contribution in [0.5, 0.6) is 0 Å². The molecule has 0 amide bonds. The highest BCUT2D eigenvalue weighted by atomic mass is 32.1. The van der Waals surface area contributed by atoms with Crippen molar-refractivity contribution >= 4 is 20.5 Å². The fourth-order valence-electron chi connectivity index (χ4n) is 2.01. The molecule has 0 radical (unpaired) electrons. The Balaban J connectivity index is 2.67. The molecule has 0 bridgehead atoms. The Labute approximate surface area is 75.7 Å². The van der Waals surface area contributed by atoms with Gasteiger partial charge in [-0.1, -0.05) is 13.8 Å². The Morgan fingerprint density at radius 3 is 2.55 bits per heavy atom. The predicted molar refractivity (Wildman–Crippen MR) is 54.1 cm³/mol. The minimum absolute atomic E-state index is 0.0720. The molecule has 0 aliphatic carbocycles. The molecule has 3 atom stereocenters. The van der Waals surface area contributed by atoms with Crippen molar-refractivity contribution in [1.29, 1.82) is 0 Å². The first-order chi connectivity index (χ1) is 5.14. The fraction of sp³-hybridized carbons (Fsp3) is 1.00. The van der Waals surface area contributed by atoms with Crippen molar-refractivity contribution in [3.63, 3.8) is 0 Å². The molecule has 11 heavy (non-hydrogen) atoms. The fourth-order valence-corrected chi connectivity index (χ4v) is 2.62. The van der Waals surface area contributed by atoms with Crippen LogP contribution in [0.1, 0.15) is 26.7 Å². The Bertz CT molecular complexity index is 136. The number of ether oxygens (including phenoxy) is 1. The molecule has 1 nitrogen and oxygen atoms in total. The Morgan fingerprint density at radius 1 is 1.73 bits per heavy atom. The average Bonchev–Trinajstić information content (AvgIpc) is 2.27. The van der Waals surface area contributed by atoms with Gasteiger partial charge in [-0.2, -0.15) is 12.6 Å². The standard InChI is InChI=1S/C8H17BOS/c1-3-8(5-11)6(2)4-7(9)10-8/h6-7,11H,3-5,9H2,1-2H3/t6?,7-,8+/m1/s1. The minimum Gasteiger partial charge on any atom is -0.380 e. The van der Waals surface area contributed by atoms with E-state index >= 15 is 0 Å². The molecule has 1 unspecified atom stereocenters. The molecule has 0 saturated carbocycles. The van der Waals surface area contributed by atoms with Gasteiger partial charge in [-0.15, -0.1) is 0 Å². The third-order valence-electron chi connectivity index (χ3n) is 2.89. The van der Waals surface area contributed by atoms with Crippen LogP contribution in [0, 0.1) is 5.92 Å². The smallest absolute Gasteiger partial charge is 0.139 e. The van der Waals surface area contributed by atoms with Gasteiger partial charge in [0.05, 0.1) is 5.60 Å². The van der Waals surface area contributed by atoms with Gasteiger partial charge < -0.3 is 4.74 Å². The van der Waals surface area contributed by atoms with Crippen LogP contribution < -0.4 is 0 Å². The van der Waals surface area contributed by atoms with Gasteiger partial charge in [0.15, 0.2) is 0 Å². The summed E-state index contributed by atoms with van der Waals surface area (Å²) in [5, 5.41) is 0. The second-order valence-corrected chi connectivity index (χ2v) is 3.96. The summed E-state index contributed by atoms with van der Waals surface area (Å²) < 4.78 is 5.88. The molecule has 0 aromatic heterocycles. The maximum atomic E-state index is 5.88. The Morgan fingerprint density at radius 2 is 2.36 bits per heavy atom. The summed E-state index contributed by atoms with van der Waals surface area (Å²) in [5.74, 6) is 1.52. The van der Waals surface area contributed by atoms with E-state index in [2.05, 4.69) is 34.3 Å². The van der Waals surface area contributed by atoms with Crippen LogP contribution in [0.3, 0.4) is 0 Å². The molecule has 0 aromatic rings. The molecule has 64 valence electrons. The maximum absolute atomic E-state index is 5.88. The highest BCUT2D eigenvalue weighted by Crippen LogP contribution is 2.38. The predicted octanol–water partition coefficient (Wildman–Crippen LogP) is 1.08. The van der Waals surface area contributed by atoms with E-state index < -0.39 is 0 Å². The van der Waals surface area contributed by atoms with Gasteiger partial charge in [0.25, 0.3) is 0 Å². The summed E-state index contributed by atoms with van der Waals surface area (Å²) in [6.07, 6.45) is 2.27. The third kappa shape index (κ3) is 1.59. The van der Waals surface area contributed by atoms with Crippen molar-refractivity contribution in [2.24, 2.45) is 5.92 Å². The third-order valence-corrected chi connectivity index (χ3v) is 3.42. The minimum atomic E-state index is 0.0720. The van der Waals surface area contributed by atoms with E-state index in [9.17, 15) is 0 Å². The molecule has 1 fully saturated rings. The second-order valence-electron chi connectivity index (χ2n) is 3.64. The van der Waals surface area contributed by atoms with Crippen LogP contribution in [-0.2, 0) is 4.74 Å². The molecular weight excluding hydrogens is 155 g/mol. The first-order valence-corrected chi connectivity index (χ1v) is 5.06. The van der Waals surface area contributed by atoms with Gasteiger partial charge >= 0.3 is 0 Å². The Kier molecular flexibility index (Phi) is 2.93. The first-order valence-electron chi connectivity index (χ1n) is 4.43. The molecule has 0 aromatic carbocycles. The van der Waals surface area contributed by atoms with Crippen molar-refractivity contribution in [1.82, 2.24) is 0 Å². The molecule has 1 aliphatic rings. The van der Waals surface area contributed by atoms with E-state index in [0.29, 0.717) is 11.9 Å². The summed E-state index contributed by atoms with van der Waals surface area (Å²) in [5.41, 5.74) is 0.0720. The monoisotopic (exact) mass is 172 g/mol. The Hall–Kier alpha value is 0.375. The van der Waals surface area contributed by atoms with Crippen LogP contribution in [-0.4, -0.2) is 25.2 Å². The van der Waals surface area contributed by atoms with Crippen molar-refractivity contribution in [3.05, 3.63) is 0 Å². The van der Waals surface area contributed by atoms with Crippen LogP contribution >= 0.6 is 12.6 Å². The molecule has 1 rings (SSSR count). The molecule has 1 heterocycles. The van der Waals surface area contributed by atoms with Crippen molar-refractivity contribution in [2.45, 2.75) is 38.3 Å². The molecular formula is C8H17BOS. The summed E-state index contributed by atoms with van der Waals surface area (Å²) >= 11 is 4.36. The van der Waals surface area contributed by atoms with Crippen molar-refractivity contribution in [2.75, 3.05) is 5.75 Å². The van der Waals surface area contributed by atoms with E-state index in [1.54, 1.807) is 0 Å². The van der Waals surface area contributed by atoms with E-state index in [1.165, 1.54) is 6.42 Å². The number of hydrogen-bond donors (Lipinski definition) is 1. The van der Waals surface area contributed by atoms with Gasteiger partial charge in [-0.3, -0.25) is 0 Å². The van der Waals surface area contributed by atoms with Gasteiger partial charge in [-0.25, -0.2) is 0 Å². The highest BCUT2D eigenvalue weighted by Gasteiger charge is 2.41. The zero-order valence-corrected chi connectivity index (χ0v) is 8.53. The second kappa shape index (κ2) is 3.40. The summed E-state index contributed by atoms with van der Waals surface area (Å²) in [6.45, 7) is 4.45. The van der Waals surface area contributed by atoms with Gasteiger partial charge in [0.1, 0.15) is 7.85 Å². The number of hydrogen-bond acceptors (Lipinski definition) is 2. The van der Waals surface area contributed by atoms with E-state index in [1.807, 2.05) is 0 Å². The zero-order chi connectivity index (χ0) is 8.48. The largest absolute Gasteiger partial charge is 0.380 e. The van der Waals surface area contributed by atoms with Gasteiger partial charge in [-0.05, 0) is 18.8 Å². The van der Waals surface area contributed by atoms with Gasteiger partial charge in [0.2, 0.25) is 0 Å². The van der Waals surface area contributed by atoms with E-state index in [4.69, 9.17) is 4.74 Å². The molecule has 1 saturated heterocycles. The van der Waals surface area contributed by atoms with Crippen LogP contribution in [0.25, 0.3) is 0 Å². The lowest BCUT2D eigenvalue weighted by atomic mass is 9.85. The zero-order valence-electron chi connectivity index (χ0n) is 7.63. The quantitative estimate of drug-likeness (QED) is 0.484. The van der Waals surface area contributed by atoms with Crippen LogP contribution in [0.2, 0.25) is 0 Å². The lowest BCUT2D eigenvalue weighted by molar-refractivity contribution is -0.0141. The average molecular weight is 172 g/mol. The van der Waals surface area contributed by atoms with E-state index in [0.717, 1.165) is 12.2 Å². The van der Waals surface area contributed by atoms with Crippen molar-refractivity contribution in [3.8, 4) is 0 Å². The number of thiol groups is 1. The maximum Gasteiger partial charge on any atom is 0.139 e. The molecule has 3 heteroatoms. The van der Waals surface area contributed by atoms with Crippen LogP contribution in [0.4, 0.5) is 0 Å². The number of rotatable bonds is 2. The summed E-state index contributed by atoms with van der Waals surface area (Å²) in [4.78, 5) is 0. The van der Waals surface area contributed by atoms with Crippen molar-refractivity contribution < 1.29 is 4.74 Å². The lowest BCUT2D eigenvalue weighted by Crippen LogP contribution is -2.35. The lowest BCUT2D eigenvalue weighted by Gasteiger charge is -2.30. The molecule has 1 aliphatic heterocycles.